The molecule has 0 bridgehead atoms. The van der Waals surface area contributed by atoms with Gasteiger partial charge in [-0.3, -0.25) is 14.4 Å². The predicted molar refractivity (Wildman–Crippen MR) is 130 cm³/mol. The molecule has 176 valence electrons. The third kappa shape index (κ3) is 5.56. The van der Waals surface area contributed by atoms with Crippen molar-refractivity contribution in [1.29, 1.82) is 0 Å². The maximum Gasteiger partial charge on any atom is 0.251 e. The molecule has 0 saturated carbocycles. The number of amides is 3. The van der Waals surface area contributed by atoms with Crippen molar-refractivity contribution in [2.75, 3.05) is 19.6 Å². The summed E-state index contributed by atoms with van der Waals surface area (Å²) in [6, 6.07) is 17.5. The van der Waals surface area contributed by atoms with Gasteiger partial charge in [0.2, 0.25) is 11.8 Å². The van der Waals surface area contributed by atoms with Gasteiger partial charge in [0.1, 0.15) is 12.1 Å². The first kappa shape index (κ1) is 24.8. The lowest BCUT2D eigenvalue weighted by molar-refractivity contribution is -0.167. The van der Waals surface area contributed by atoms with Crippen LogP contribution in [-0.2, 0) is 20.9 Å². The second-order valence-electron chi connectivity index (χ2n) is 9.01. The lowest BCUT2D eigenvalue weighted by atomic mass is 9.89. The summed E-state index contributed by atoms with van der Waals surface area (Å²) in [7, 11) is 0. The van der Waals surface area contributed by atoms with Gasteiger partial charge < -0.3 is 14.7 Å². The van der Waals surface area contributed by atoms with Gasteiger partial charge in [-0.05, 0) is 44.9 Å². The summed E-state index contributed by atoms with van der Waals surface area (Å²) < 4.78 is 0. The van der Waals surface area contributed by atoms with E-state index in [1.807, 2.05) is 44.2 Å². The second kappa shape index (κ2) is 10.4. The Morgan fingerprint density at radius 2 is 1.70 bits per heavy atom. The summed E-state index contributed by atoms with van der Waals surface area (Å²) in [5.41, 5.74) is 1.25. The lowest BCUT2D eigenvalue weighted by Gasteiger charge is -2.48. The Kier molecular flexibility index (Phi) is 7.80. The minimum atomic E-state index is -0.981. The quantitative estimate of drug-likeness (QED) is 0.684. The molecule has 3 amide bonds. The fraction of sp³-hybridized carbons (Fsp3) is 0.423. The van der Waals surface area contributed by atoms with Crippen molar-refractivity contribution >= 4 is 29.3 Å². The third-order valence-electron chi connectivity index (χ3n) is 6.29. The van der Waals surface area contributed by atoms with E-state index in [1.165, 1.54) is 12.5 Å². The molecule has 1 unspecified atom stereocenters. The van der Waals surface area contributed by atoms with E-state index >= 15 is 0 Å². The van der Waals surface area contributed by atoms with E-state index in [9.17, 15) is 14.4 Å². The number of carbonyl (C=O) groups is 3. The van der Waals surface area contributed by atoms with Gasteiger partial charge >= 0.3 is 0 Å². The molecule has 2 aliphatic heterocycles. The highest BCUT2D eigenvalue weighted by Gasteiger charge is 2.56. The van der Waals surface area contributed by atoms with Crippen LogP contribution in [-0.4, -0.2) is 63.6 Å². The average Bonchev–Trinajstić information content (AvgIpc) is 3.23. The normalized spacial score (nSPS) is 20.4. The molecule has 0 aromatic heterocycles. The van der Waals surface area contributed by atoms with Crippen molar-refractivity contribution in [2.24, 2.45) is 0 Å². The molecule has 2 aromatic carbocycles. The van der Waals surface area contributed by atoms with Gasteiger partial charge in [0.05, 0.1) is 6.54 Å². The SMILES string of the molecule is CC(=O)N1CCC2(C1)C(=O)N(C(C)C)CC(=O)N2Cc1ccc(Cl)cc1.Cc1ccccc1. The Morgan fingerprint density at radius 3 is 2.18 bits per heavy atom. The summed E-state index contributed by atoms with van der Waals surface area (Å²) in [4.78, 5) is 43.1. The molecule has 0 N–H and O–H groups in total. The molecule has 2 fully saturated rings. The highest BCUT2D eigenvalue weighted by atomic mass is 35.5. The van der Waals surface area contributed by atoms with Gasteiger partial charge in [0, 0.05) is 31.1 Å². The largest absolute Gasteiger partial charge is 0.340 e. The number of likely N-dealkylation sites (tertiary alicyclic amines) is 1. The number of benzene rings is 2. The fourth-order valence-corrected chi connectivity index (χ4v) is 4.47. The lowest BCUT2D eigenvalue weighted by Crippen LogP contribution is -2.69. The van der Waals surface area contributed by atoms with Gasteiger partial charge in [-0.25, -0.2) is 0 Å². The van der Waals surface area contributed by atoms with Gasteiger partial charge in [-0.1, -0.05) is 59.6 Å². The van der Waals surface area contributed by atoms with Crippen LogP contribution < -0.4 is 0 Å². The first-order valence-electron chi connectivity index (χ1n) is 11.3. The molecule has 7 heteroatoms. The molecular weight excluding hydrogens is 438 g/mol. The van der Waals surface area contributed by atoms with Crippen molar-refractivity contribution in [2.45, 2.75) is 52.2 Å². The molecular formula is C26H32ClN3O3. The van der Waals surface area contributed by atoms with Crippen LogP contribution in [0.1, 0.15) is 38.3 Å². The zero-order valence-corrected chi connectivity index (χ0v) is 20.5. The maximum atomic E-state index is 13.3. The molecule has 0 radical (unpaired) electrons. The first-order valence-corrected chi connectivity index (χ1v) is 11.6. The van der Waals surface area contributed by atoms with Crippen LogP contribution in [0.4, 0.5) is 0 Å². The third-order valence-corrected chi connectivity index (χ3v) is 6.55. The highest BCUT2D eigenvalue weighted by molar-refractivity contribution is 6.30. The molecule has 1 atom stereocenters. The topological polar surface area (TPSA) is 60.9 Å². The summed E-state index contributed by atoms with van der Waals surface area (Å²) in [5.74, 6) is -0.223. The van der Waals surface area contributed by atoms with E-state index in [1.54, 1.807) is 26.8 Å². The van der Waals surface area contributed by atoms with E-state index < -0.39 is 5.54 Å². The molecule has 0 aliphatic carbocycles. The van der Waals surface area contributed by atoms with Crippen molar-refractivity contribution < 1.29 is 14.4 Å². The predicted octanol–water partition coefficient (Wildman–Crippen LogP) is 3.91. The smallest absolute Gasteiger partial charge is 0.251 e. The number of aryl methyl sites for hydroxylation is 1. The number of hydrogen-bond donors (Lipinski definition) is 0. The van der Waals surface area contributed by atoms with Gasteiger partial charge in [0.25, 0.3) is 5.91 Å². The zero-order valence-electron chi connectivity index (χ0n) is 19.8. The summed E-state index contributed by atoms with van der Waals surface area (Å²) in [6.07, 6.45) is 0.466. The molecule has 1 spiro atoms. The van der Waals surface area contributed by atoms with Crippen LogP contribution in [0.2, 0.25) is 5.02 Å². The summed E-state index contributed by atoms with van der Waals surface area (Å²) >= 11 is 5.95. The van der Waals surface area contributed by atoms with Gasteiger partial charge in [-0.2, -0.15) is 0 Å². The first-order chi connectivity index (χ1) is 15.6. The number of rotatable bonds is 3. The summed E-state index contributed by atoms with van der Waals surface area (Å²) in [5, 5.41) is 0.624. The van der Waals surface area contributed by atoms with Gasteiger partial charge in [-0.15, -0.1) is 0 Å². The molecule has 2 heterocycles. The second-order valence-corrected chi connectivity index (χ2v) is 9.45. The minimum Gasteiger partial charge on any atom is -0.340 e. The van der Waals surface area contributed by atoms with Gasteiger partial charge in [0.15, 0.2) is 0 Å². The van der Waals surface area contributed by atoms with E-state index in [-0.39, 0.29) is 36.9 Å². The molecule has 2 saturated heterocycles. The Hall–Kier alpha value is -2.86. The van der Waals surface area contributed by atoms with E-state index in [0.717, 1.165) is 5.56 Å². The Labute approximate surface area is 201 Å². The average molecular weight is 470 g/mol. The number of piperazine rings is 1. The maximum absolute atomic E-state index is 13.3. The summed E-state index contributed by atoms with van der Waals surface area (Å²) in [6.45, 7) is 8.54. The highest BCUT2D eigenvalue weighted by Crippen LogP contribution is 2.35. The number of hydrogen-bond acceptors (Lipinski definition) is 3. The minimum absolute atomic E-state index is 0.0626. The van der Waals surface area contributed by atoms with E-state index in [2.05, 4.69) is 19.1 Å². The molecule has 6 nitrogen and oxygen atoms in total. The Morgan fingerprint density at radius 1 is 1.06 bits per heavy atom. The van der Waals surface area contributed by atoms with Crippen molar-refractivity contribution in [3.05, 3.63) is 70.7 Å². The van der Waals surface area contributed by atoms with Crippen LogP contribution in [0.5, 0.6) is 0 Å². The van der Waals surface area contributed by atoms with Crippen molar-refractivity contribution in [3.8, 4) is 0 Å². The molecule has 2 aliphatic rings. The number of nitrogens with zero attached hydrogens (tertiary/aromatic N) is 3. The van der Waals surface area contributed by atoms with Crippen LogP contribution in [0.15, 0.2) is 54.6 Å². The van der Waals surface area contributed by atoms with Crippen molar-refractivity contribution in [1.82, 2.24) is 14.7 Å². The van der Waals surface area contributed by atoms with Crippen LogP contribution in [0, 0.1) is 6.92 Å². The van der Waals surface area contributed by atoms with Crippen LogP contribution in [0.25, 0.3) is 0 Å². The zero-order chi connectivity index (χ0) is 24.2. The van der Waals surface area contributed by atoms with Crippen molar-refractivity contribution in [3.63, 3.8) is 0 Å². The monoisotopic (exact) mass is 469 g/mol. The van der Waals surface area contributed by atoms with Crippen LogP contribution >= 0.6 is 11.6 Å². The number of carbonyl (C=O) groups excluding carboxylic acids is 3. The fourth-order valence-electron chi connectivity index (χ4n) is 4.35. The van der Waals surface area contributed by atoms with Crippen LogP contribution in [0.3, 0.4) is 0 Å². The molecule has 4 rings (SSSR count). The number of halogens is 1. The van der Waals surface area contributed by atoms with E-state index in [0.29, 0.717) is 24.5 Å². The molecule has 33 heavy (non-hydrogen) atoms. The molecule has 2 aromatic rings. The standard InChI is InChI=1S/C19H24ClN3O3.C7H8/c1-13(2)22-11-17(25)23(10-15-4-6-16(20)7-5-15)19(18(22)26)8-9-21(12-19)14(3)24;1-7-5-3-2-4-6-7/h4-7,13H,8-12H2,1-3H3;2-6H,1H3. The Balaban J connectivity index is 0.000000374. The Bertz CT molecular complexity index is 994. The van der Waals surface area contributed by atoms with E-state index in [4.69, 9.17) is 11.6 Å².